The van der Waals surface area contributed by atoms with Crippen LogP contribution in [0.25, 0.3) is 10.3 Å². The smallest absolute Gasteiger partial charge is 0.351 e. The van der Waals surface area contributed by atoms with Crippen LogP contribution < -0.4 is 20.6 Å². The minimum Gasteiger partial charge on any atom is -0.494 e. The zero-order chi connectivity index (χ0) is 19.6. The molecule has 140 valence electrons. The number of thiophene rings is 1. The molecule has 2 N–H and O–H groups in total. The first-order valence-electron chi connectivity index (χ1n) is 7.97. The van der Waals surface area contributed by atoms with Crippen molar-refractivity contribution in [3.63, 3.8) is 0 Å². The van der Waals surface area contributed by atoms with Gasteiger partial charge in [-0.15, -0.1) is 11.3 Å². The molecule has 0 spiro atoms. The maximum atomic E-state index is 12.4. The molecule has 2 heterocycles. The van der Waals surface area contributed by atoms with Crippen molar-refractivity contribution in [1.82, 2.24) is 0 Å². The number of carboxylic acid groups (broad SMARTS) is 1. The summed E-state index contributed by atoms with van der Waals surface area (Å²) in [5.41, 5.74) is -0.555. The second kappa shape index (κ2) is 7.50. The second-order valence-corrected chi connectivity index (χ2v) is 6.57. The van der Waals surface area contributed by atoms with Gasteiger partial charge < -0.3 is 19.6 Å². The zero-order valence-corrected chi connectivity index (χ0v) is 15.3. The molecule has 0 saturated carbocycles. The number of carbonyl (C=O) groups is 2. The molecule has 3 rings (SSSR count). The minimum absolute atomic E-state index is 0.228. The van der Waals surface area contributed by atoms with Crippen molar-refractivity contribution < 1.29 is 23.8 Å². The van der Waals surface area contributed by atoms with Gasteiger partial charge in [-0.1, -0.05) is 0 Å². The topological polar surface area (TPSA) is 109 Å². The third kappa shape index (κ3) is 3.93. The summed E-state index contributed by atoms with van der Waals surface area (Å²) in [6, 6.07) is 9.31. The molecular formula is C18H16N2O6S. The van der Waals surface area contributed by atoms with Crippen molar-refractivity contribution in [2.75, 3.05) is 23.9 Å². The zero-order valence-electron chi connectivity index (χ0n) is 14.5. The molecule has 3 aromatic rings. The Morgan fingerprint density at radius 3 is 2.59 bits per heavy atom. The van der Waals surface area contributed by atoms with Crippen molar-refractivity contribution in [2.45, 2.75) is 6.92 Å². The van der Waals surface area contributed by atoms with Crippen LogP contribution in [0.2, 0.25) is 0 Å². The standard InChI is InChI=1S/C18H16N2O6S/c1-3-25-11-6-4-10(5-7-11)19-18(24)20(2)15-9-13-14(27-15)8-12(16(21)22)17(23)26-13/h4-9H,3H2,1-2H3,(H,19,24)(H,21,22). The average molecular weight is 388 g/mol. The van der Waals surface area contributed by atoms with E-state index in [0.29, 0.717) is 27.7 Å². The van der Waals surface area contributed by atoms with E-state index in [-0.39, 0.29) is 5.58 Å². The Kier molecular flexibility index (Phi) is 5.13. The molecule has 0 atom stereocenters. The van der Waals surface area contributed by atoms with E-state index in [0.717, 1.165) is 11.3 Å². The van der Waals surface area contributed by atoms with Gasteiger partial charge in [0.05, 0.1) is 11.3 Å². The predicted molar refractivity (Wildman–Crippen MR) is 102 cm³/mol. The molecule has 0 aliphatic heterocycles. The van der Waals surface area contributed by atoms with Crippen molar-refractivity contribution in [3.05, 3.63) is 52.4 Å². The summed E-state index contributed by atoms with van der Waals surface area (Å²) in [7, 11) is 1.56. The lowest BCUT2D eigenvalue weighted by molar-refractivity contribution is 0.0692. The number of carbonyl (C=O) groups excluding carboxylic acids is 1. The Bertz CT molecular complexity index is 1050. The number of nitrogens with zero attached hydrogens (tertiary/aromatic N) is 1. The van der Waals surface area contributed by atoms with E-state index in [2.05, 4.69) is 5.32 Å². The largest absolute Gasteiger partial charge is 0.494 e. The number of aromatic carboxylic acids is 1. The van der Waals surface area contributed by atoms with Crippen LogP contribution >= 0.6 is 11.3 Å². The third-order valence-corrected chi connectivity index (χ3v) is 4.83. The molecule has 2 aromatic heterocycles. The van der Waals surface area contributed by atoms with Gasteiger partial charge in [-0.2, -0.15) is 0 Å². The van der Waals surface area contributed by atoms with Crippen LogP contribution in [0, 0.1) is 0 Å². The SMILES string of the molecule is CCOc1ccc(NC(=O)N(C)c2cc3oc(=O)c(C(=O)O)cc3s2)cc1. The predicted octanol–water partition coefficient (Wildman–Crippen LogP) is 3.62. The average Bonchev–Trinajstić information content (AvgIpc) is 3.04. The van der Waals surface area contributed by atoms with Crippen LogP contribution in [0.1, 0.15) is 17.3 Å². The molecule has 9 heteroatoms. The number of urea groups is 1. The number of rotatable bonds is 5. The fourth-order valence-electron chi connectivity index (χ4n) is 2.32. The van der Waals surface area contributed by atoms with E-state index in [1.165, 1.54) is 17.0 Å². The van der Waals surface area contributed by atoms with Crippen LogP contribution in [-0.4, -0.2) is 30.8 Å². The van der Waals surface area contributed by atoms with Crippen molar-refractivity contribution in [1.29, 1.82) is 0 Å². The number of fused-ring (bicyclic) bond motifs is 1. The molecule has 27 heavy (non-hydrogen) atoms. The van der Waals surface area contributed by atoms with Crippen molar-refractivity contribution in [3.8, 4) is 5.75 Å². The maximum Gasteiger partial charge on any atom is 0.351 e. The first-order valence-corrected chi connectivity index (χ1v) is 8.79. The lowest BCUT2D eigenvalue weighted by Crippen LogP contribution is -2.30. The number of ether oxygens (including phenoxy) is 1. The molecule has 2 amide bonds. The third-order valence-electron chi connectivity index (χ3n) is 3.69. The van der Waals surface area contributed by atoms with Gasteiger partial charge in [0, 0.05) is 18.8 Å². The summed E-state index contributed by atoms with van der Waals surface area (Å²) in [5, 5.41) is 12.3. The molecule has 0 radical (unpaired) electrons. The number of nitrogens with one attached hydrogen (secondary N) is 1. The number of hydrogen-bond acceptors (Lipinski definition) is 6. The van der Waals surface area contributed by atoms with Crippen LogP contribution in [0.15, 0.2) is 45.6 Å². The van der Waals surface area contributed by atoms with Gasteiger partial charge in [0.25, 0.3) is 0 Å². The number of benzene rings is 1. The maximum absolute atomic E-state index is 12.4. The Morgan fingerprint density at radius 2 is 1.96 bits per heavy atom. The molecular weight excluding hydrogens is 372 g/mol. The summed E-state index contributed by atoms with van der Waals surface area (Å²) in [5.74, 6) is -0.653. The lowest BCUT2D eigenvalue weighted by atomic mass is 10.3. The fourth-order valence-corrected chi connectivity index (χ4v) is 3.31. The Morgan fingerprint density at radius 1 is 1.26 bits per heavy atom. The summed E-state index contributed by atoms with van der Waals surface area (Å²) in [6.45, 7) is 2.44. The molecule has 0 saturated heterocycles. The Labute approximate surface area is 157 Å². The molecule has 1 aromatic carbocycles. The van der Waals surface area contributed by atoms with Crippen LogP contribution in [0.5, 0.6) is 5.75 Å². The van der Waals surface area contributed by atoms with E-state index < -0.39 is 23.2 Å². The van der Waals surface area contributed by atoms with E-state index in [1.54, 1.807) is 31.3 Å². The highest BCUT2D eigenvalue weighted by Gasteiger charge is 2.18. The number of carboxylic acids is 1. The van der Waals surface area contributed by atoms with Gasteiger partial charge in [-0.25, -0.2) is 14.4 Å². The molecule has 0 bridgehead atoms. The van der Waals surface area contributed by atoms with Gasteiger partial charge in [0.1, 0.15) is 16.3 Å². The normalized spacial score (nSPS) is 10.6. The van der Waals surface area contributed by atoms with Gasteiger partial charge in [0.15, 0.2) is 5.58 Å². The van der Waals surface area contributed by atoms with Crippen LogP contribution in [-0.2, 0) is 0 Å². The molecule has 0 aliphatic rings. The molecule has 0 unspecified atom stereocenters. The number of anilines is 2. The summed E-state index contributed by atoms with van der Waals surface area (Å²) < 4.78 is 10.8. The van der Waals surface area contributed by atoms with Crippen LogP contribution in [0.3, 0.4) is 0 Å². The van der Waals surface area contributed by atoms with Gasteiger partial charge in [-0.05, 0) is 37.3 Å². The van der Waals surface area contributed by atoms with Gasteiger partial charge in [0.2, 0.25) is 0 Å². The quantitative estimate of drug-likeness (QED) is 0.691. The highest BCUT2D eigenvalue weighted by molar-refractivity contribution is 7.22. The summed E-state index contributed by atoms with van der Waals surface area (Å²) in [4.78, 5) is 36.5. The number of hydrogen-bond donors (Lipinski definition) is 2. The van der Waals surface area contributed by atoms with Gasteiger partial charge >= 0.3 is 17.6 Å². The summed E-state index contributed by atoms with van der Waals surface area (Å²) >= 11 is 1.14. The van der Waals surface area contributed by atoms with Crippen LogP contribution in [0.4, 0.5) is 15.5 Å². The monoisotopic (exact) mass is 388 g/mol. The summed E-state index contributed by atoms with van der Waals surface area (Å²) in [6.07, 6.45) is 0. The van der Waals surface area contributed by atoms with E-state index in [1.807, 2.05) is 6.92 Å². The Balaban J connectivity index is 1.80. The van der Waals surface area contributed by atoms with E-state index in [9.17, 15) is 14.4 Å². The van der Waals surface area contributed by atoms with E-state index >= 15 is 0 Å². The highest BCUT2D eigenvalue weighted by atomic mass is 32.1. The van der Waals surface area contributed by atoms with Gasteiger partial charge in [-0.3, -0.25) is 4.90 Å². The molecule has 0 aliphatic carbocycles. The highest BCUT2D eigenvalue weighted by Crippen LogP contribution is 2.32. The Hall–Kier alpha value is -3.33. The molecule has 0 fully saturated rings. The van der Waals surface area contributed by atoms with E-state index in [4.69, 9.17) is 14.3 Å². The molecule has 8 nitrogen and oxygen atoms in total. The first-order chi connectivity index (χ1) is 12.9. The minimum atomic E-state index is -1.36. The van der Waals surface area contributed by atoms with Crippen molar-refractivity contribution >= 4 is 44.3 Å². The fraction of sp³-hybridized carbons (Fsp3) is 0.167. The lowest BCUT2D eigenvalue weighted by Gasteiger charge is -2.16. The second-order valence-electron chi connectivity index (χ2n) is 5.51. The number of amides is 2. The first kappa shape index (κ1) is 18.5. The van der Waals surface area contributed by atoms with Crippen molar-refractivity contribution in [2.24, 2.45) is 0 Å².